The predicted octanol–water partition coefficient (Wildman–Crippen LogP) is 9.15. The van der Waals surface area contributed by atoms with Gasteiger partial charge in [0.15, 0.2) is 0 Å². The minimum absolute atomic E-state index is 0.137. The fourth-order valence-electron chi connectivity index (χ4n) is 4.82. The van der Waals surface area contributed by atoms with E-state index >= 15 is 0 Å². The number of allylic oxidation sites excluding steroid dienone is 16. The monoisotopic (exact) mass is 916 g/mol. The first kappa shape index (κ1) is 59.0. The number of aliphatic hydroxyl groups excluding tert-OH is 3. The number of hydrogen-bond donors (Lipinski definition) is 5. The lowest BCUT2D eigenvalue weighted by Gasteiger charge is -2.19. The van der Waals surface area contributed by atoms with Crippen LogP contribution < -0.4 is 0 Å². The molecule has 0 spiro atoms. The van der Waals surface area contributed by atoms with E-state index < -0.39 is 85.5 Å². The van der Waals surface area contributed by atoms with E-state index in [0.717, 1.165) is 64.2 Å². The Labute approximate surface area is 369 Å². The summed E-state index contributed by atoms with van der Waals surface area (Å²) >= 11 is 0. The maximum absolute atomic E-state index is 12.1. The van der Waals surface area contributed by atoms with E-state index in [9.17, 15) is 43.8 Å². The highest BCUT2D eigenvalue weighted by atomic mass is 31.2. The molecule has 0 heterocycles. The fraction of sp³-hybridized carbons (Fsp3) is 0.600. The van der Waals surface area contributed by atoms with Crippen LogP contribution in [0.3, 0.4) is 0 Å². The molecule has 0 aliphatic heterocycles. The van der Waals surface area contributed by atoms with Gasteiger partial charge in [-0.1, -0.05) is 150 Å². The smallest absolute Gasteiger partial charge is 0.463 e. The van der Waals surface area contributed by atoms with Crippen LogP contribution in [0, 0.1) is 0 Å². The Balaban J connectivity index is 4.02. The molecular weight excluding hydrogens is 842 g/mol. The van der Waals surface area contributed by atoms with Gasteiger partial charge in [0.25, 0.3) is 0 Å². The molecule has 5 atom stereocenters. The summed E-state index contributed by atoms with van der Waals surface area (Å²) in [6, 6.07) is 0. The number of esters is 2. The molecule has 62 heavy (non-hydrogen) atoms. The first-order valence-electron chi connectivity index (χ1n) is 21.7. The Bertz CT molecular complexity index is 1480. The number of aliphatic hydroxyl groups is 3. The summed E-state index contributed by atoms with van der Waals surface area (Å²) in [5.41, 5.74) is 0. The van der Waals surface area contributed by atoms with E-state index in [1.54, 1.807) is 0 Å². The topological polar surface area (TPSA) is 225 Å². The largest absolute Gasteiger partial charge is 0.472 e. The van der Waals surface area contributed by atoms with Gasteiger partial charge in [0.2, 0.25) is 0 Å². The van der Waals surface area contributed by atoms with E-state index in [1.165, 1.54) is 12.8 Å². The molecule has 0 radical (unpaired) electrons. The second-order valence-corrected chi connectivity index (χ2v) is 17.1. The van der Waals surface area contributed by atoms with Gasteiger partial charge in [-0.2, -0.15) is 0 Å². The highest BCUT2D eigenvalue weighted by Gasteiger charge is 2.28. The van der Waals surface area contributed by atoms with Crippen molar-refractivity contribution in [2.24, 2.45) is 0 Å². The number of rotatable bonds is 40. The van der Waals surface area contributed by atoms with Crippen molar-refractivity contribution >= 4 is 27.6 Å². The zero-order valence-electron chi connectivity index (χ0n) is 36.7. The van der Waals surface area contributed by atoms with Gasteiger partial charge in [-0.25, -0.2) is 9.13 Å². The van der Waals surface area contributed by atoms with Crippen LogP contribution in [0.5, 0.6) is 0 Å². The van der Waals surface area contributed by atoms with Gasteiger partial charge >= 0.3 is 27.6 Å². The molecule has 0 saturated carbocycles. The average molecular weight is 917 g/mol. The third-order valence-electron chi connectivity index (χ3n) is 8.22. The third-order valence-corrected chi connectivity index (χ3v) is 10.1. The van der Waals surface area contributed by atoms with Crippen molar-refractivity contribution in [2.45, 2.75) is 135 Å². The first-order valence-corrected chi connectivity index (χ1v) is 24.7. The van der Waals surface area contributed by atoms with Gasteiger partial charge in [-0.05, 0) is 51.4 Å². The molecule has 0 aromatic heterocycles. The number of ether oxygens (including phenoxy) is 2. The van der Waals surface area contributed by atoms with E-state index in [4.69, 9.17) is 9.47 Å². The molecule has 0 aromatic rings. The zero-order valence-corrected chi connectivity index (χ0v) is 38.5. The van der Waals surface area contributed by atoms with Crippen molar-refractivity contribution < 1.29 is 71.4 Å². The van der Waals surface area contributed by atoms with E-state index in [0.29, 0.717) is 12.8 Å². The summed E-state index contributed by atoms with van der Waals surface area (Å²) in [4.78, 5) is 43.6. The molecule has 0 amide bonds. The Morgan fingerprint density at radius 3 is 1.18 bits per heavy atom. The number of hydrogen-bond acceptors (Lipinski definition) is 13. The maximum Gasteiger partial charge on any atom is 0.472 e. The van der Waals surface area contributed by atoms with Crippen molar-refractivity contribution in [3.05, 3.63) is 97.2 Å². The number of phosphoric ester groups is 2. The second-order valence-electron chi connectivity index (χ2n) is 14.2. The van der Waals surface area contributed by atoms with Crippen molar-refractivity contribution in [3.8, 4) is 0 Å². The highest BCUT2D eigenvalue weighted by Crippen LogP contribution is 2.45. The Morgan fingerprint density at radius 1 is 0.435 bits per heavy atom. The first-order chi connectivity index (χ1) is 29.8. The van der Waals surface area contributed by atoms with Crippen LogP contribution in [-0.4, -0.2) is 95.0 Å². The summed E-state index contributed by atoms with van der Waals surface area (Å²) in [7, 11) is -9.59. The van der Waals surface area contributed by atoms with Crippen LogP contribution in [0.1, 0.15) is 117 Å². The van der Waals surface area contributed by atoms with Crippen molar-refractivity contribution in [1.29, 1.82) is 0 Å². The second kappa shape index (κ2) is 40.7. The number of carbonyl (C=O) groups excluding carboxylic acids is 2. The van der Waals surface area contributed by atoms with Crippen LogP contribution in [0.4, 0.5) is 0 Å². The average Bonchev–Trinajstić information content (AvgIpc) is 3.24. The number of unbranched alkanes of at least 4 members (excludes halogenated alkanes) is 10. The van der Waals surface area contributed by atoms with Crippen molar-refractivity contribution in [3.63, 3.8) is 0 Å². The van der Waals surface area contributed by atoms with Crippen LogP contribution >= 0.6 is 15.6 Å². The Hall–Kier alpha value is -3.04. The van der Waals surface area contributed by atoms with Gasteiger partial charge < -0.3 is 34.6 Å². The minimum atomic E-state index is -4.80. The third kappa shape index (κ3) is 42.3. The lowest BCUT2D eigenvalue weighted by Crippen LogP contribution is -2.25. The molecule has 5 unspecified atom stereocenters. The summed E-state index contributed by atoms with van der Waals surface area (Å²) in [6.07, 6.45) is 41.2. The van der Waals surface area contributed by atoms with Crippen molar-refractivity contribution in [1.82, 2.24) is 0 Å². The van der Waals surface area contributed by atoms with Crippen LogP contribution in [0.25, 0.3) is 0 Å². The molecule has 5 N–H and O–H groups in total. The molecule has 15 nitrogen and oxygen atoms in total. The van der Waals surface area contributed by atoms with Crippen molar-refractivity contribution in [2.75, 3.05) is 39.6 Å². The quantitative estimate of drug-likeness (QED) is 0.0127. The van der Waals surface area contributed by atoms with Gasteiger partial charge in [-0.15, -0.1) is 0 Å². The lowest BCUT2D eigenvalue weighted by molar-refractivity contribution is -0.148. The lowest BCUT2D eigenvalue weighted by atomic mass is 10.1. The van der Waals surface area contributed by atoms with Gasteiger partial charge in [0.05, 0.1) is 26.4 Å². The maximum atomic E-state index is 12.1. The molecule has 0 aromatic carbocycles. The summed E-state index contributed by atoms with van der Waals surface area (Å²) in [6.45, 7) is 0.114. The molecule has 354 valence electrons. The zero-order chi connectivity index (χ0) is 46.0. The summed E-state index contributed by atoms with van der Waals surface area (Å²) in [5.74, 6) is -1.06. The molecule has 0 fully saturated rings. The SMILES string of the molecule is CC/C=C/C=C/C=C\C=C\C=C\C=C\C=C\CCCCCC(=O)OCC(O)COP(=O)(O)OCC(O)COP(=O)(O)OCC(O)COC(=O)CCCCCCC/C=C\CCCC. The predicted molar refractivity (Wildman–Crippen MR) is 242 cm³/mol. The molecular formula is C45H74O15P2. The van der Waals surface area contributed by atoms with Crippen LogP contribution in [0.15, 0.2) is 97.2 Å². The standard InChI is InChI=1S/C45H74O15P2/c1-3-5-7-9-11-13-15-16-17-18-19-20-21-22-24-26-28-30-32-34-45(50)56-36-42(47)38-58-62(53,54)60-40-43(48)39-59-61(51,52)57-37-41(46)35-55-44(49)33-31-29-27-25-23-14-12-10-8-6-4-2/h5,7,9-13,15-22,24,41-43,46-48H,3-4,6,8,14,23,25-40H2,1-2H3,(H,51,52)(H,53,54)/b7-5+,11-9+,12-10-,15-13-,17-16+,19-18+,21-20+,24-22+. The van der Waals surface area contributed by atoms with E-state index in [2.05, 4.69) is 50.2 Å². The molecule has 0 bridgehead atoms. The molecule has 0 rings (SSSR count). The fourth-order valence-corrected chi connectivity index (χ4v) is 6.41. The Kier molecular flexibility index (Phi) is 38.7. The van der Waals surface area contributed by atoms with Crippen LogP contribution in [-0.2, 0) is 46.3 Å². The van der Waals surface area contributed by atoms with Crippen LogP contribution in [0.2, 0.25) is 0 Å². The molecule has 17 heteroatoms. The van der Waals surface area contributed by atoms with E-state index in [-0.39, 0.29) is 12.8 Å². The summed E-state index contributed by atoms with van der Waals surface area (Å²) in [5, 5.41) is 29.9. The highest BCUT2D eigenvalue weighted by molar-refractivity contribution is 7.47. The Morgan fingerprint density at radius 2 is 0.758 bits per heavy atom. The minimum Gasteiger partial charge on any atom is -0.463 e. The molecule has 0 aliphatic rings. The summed E-state index contributed by atoms with van der Waals surface area (Å²) < 4.78 is 52.8. The number of carbonyl (C=O) groups is 2. The molecule has 0 saturated heterocycles. The van der Waals surface area contributed by atoms with E-state index in [1.807, 2.05) is 79.0 Å². The van der Waals surface area contributed by atoms with Gasteiger partial charge in [0, 0.05) is 12.8 Å². The normalized spacial score (nSPS) is 16.2. The molecule has 0 aliphatic carbocycles. The van der Waals surface area contributed by atoms with Gasteiger partial charge in [0.1, 0.15) is 31.5 Å². The number of phosphoric acid groups is 2. The van der Waals surface area contributed by atoms with Gasteiger partial charge in [-0.3, -0.25) is 27.7 Å².